The molecule has 0 unspecified atom stereocenters. The fourth-order valence-electron chi connectivity index (χ4n) is 1.25. The Morgan fingerprint density at radius 3 is 2.73 bits per heavy atom. The maximum Gasteiger partial charge on any atom is 0.171 e. The predicted molar refractivity (Wildman–Crippen MR) is 64.4 cm³/mol. The first-order valence-corrected chi connectivity index (χ1v) is 6.01. The molecule has 0 saturated heterocycles. The Morgan fingerprint density at radius 2 is 2.13 bits per heavy atom. The minimum Gasteiger partial charge on any atom is -0.232 e. The average molecular weight is 239 g/mol. The van der Waals surface area contributed by atoms with Crippen molar-refractivity contribution in [2.24, 2.45) is 0 Å². The Balaban J connectivity index is 2.49. The topological polar surface area (TPSA) is 25.8 Å². The van der Waals surface area contributed by atoms with Crippen molar-refractivity contribution >= 4 is 22.9 Å². The number of rotatable bonds is 2. The molecule has 0 spiro atoms. The number of aromatic nitrogens is 2. The van der Waals surface area contributed by atoms with Crippen molar-refractivity contribution in [3.05, 3.63) is 34.4 Å². The minimum absolute atomic E-state index is 0.365. The summed E-state index contributed by atoms with van der Waals surface area (Å²) in [5, 5.41) is 2.52. The summed E-state index contributed by atoms with van der Waals surface area (Å²) >= 11 is 7.59. The molecule has 0 bridgehead atoms. The molecule has 0 fully saturated rings. The molecule has 0 aliphatic carbocycles. The maximum absolute atomic E-state index is 5.96. The SMILES string of the molecule is CC(C)c1cc(Cl)nc(-c2cccs2)n1. The second-order valence-electron chi connectivity index (χ2n) is 3.57. The van der Waals surface area contributed by atoms with Gasteiger partial charge in [-0.3, -0.25) is 0 Å². The normalized spacial score (nSPS) is 10.9. The molecule has 0 aliphatic heterocycles. The van der Waals surface area contributed by atoms with E-state index in [9.17, 15) is 0 Å². The van der Waals surface area contributed by atoms with Crippen LogP contribution in [0.5, 0.6) is 0 Å². The molecular weight excluding hydrogens is 228 g/mol. The Bertz CT molecular complexity index is 452. The summed E-state index contributed by atoms with van der Waals surface area (Å²) in [4.78, 5) is 9.77. The Hall–Kier alpha value is -0.930. The van der Waals surface area contributed by atoms with Gasteiger partial charge in [-0.1, -0.05) is 31.5 Å². The molecule has 0 saturated carbocycles. The lowest BCUT2D eigenvalue weighted by Gasteiger charge is -2.06. The van der Waals surface area contributed by atoms with E-state index < -0.39 is 0 Å². The molecule has 78 valence electrons. The van der Waals surface area contributed by atoms with Crippen molar-refractivity contribution in [3.8, 4) is 10.7 Å². The van der Waals surface area contributed by atoms with Gasteiger partial charge >= 0.3 is 0 Å². The average Bonchev–Trinajstić information content (AvgIpc) is 2.69. The first-order valence-electron chi connectivity index (χ1n) is 4.75. The third-order valence-corrected chi connectivity index (χ3v) is 3.11. The van der Waals surface area contributed by atoms with Gasteiger partial charge in [0.1, 0.15) is 5.15 Å². The van der Waals surface area contributed by atoms with E-state index in [0.717, 1.165) is 16.4 Å². The van der Waals surface area contributed by atoms with Crippen LogP contribution in [0.4, 0.5) is 0 Å². The zero-order valence-corrected chi connectivity index (χ0v) is 10.1. The number of hydrogen-bond acceptors (Lipinski definition) is 3. The Labute approximate surface area is 98.0 Å². The van der Waals surface area contributed by atoms with Crippen molar-refractivity contribution in [2.45, 2.75) is 19.8 Å². The van der Waals surface area contributed by atoms with Gasteiger partial charge in [0.25, 0.3) is 0 Å². The highest BCUT2D eigenvalue weighted by molar-refractivity contribution is 7.13. The molecule has 0 amide bonds. The summed E-state index contributed by atoms with van der Waals surface area (Å²) in [6, 6.07) is 5.81. The summed E-state index contributed by atoms with van der Waals surface area (Å²) in [5.74, 6) is 1.09. The molecule has 0 aromatic carbocycles. The van der Waals surface area contributed by atoms with Gasteiger partial charge in [0.2, 0.25) is 0 Å². The van der Waals surface area contributed by atoms with E-state index in [1.165, 1.54) is 0 Å². The van der Waals surface area contributed by atoms with Crippen molar-refractivity contribution in [1.29, 1.82) is 0 Å². The number of nitrogens with zero attached hydrogens (tertiary/aromatic N) is 2. The fourth-order valence-corrected chi connectivity index (χ4v) is 2.10. The van der Waals surface area contributed by atoms with Crippen LogP contribution in [0.15, 0.2) is 23.6 Å². The molecule has 2 nitrogen and oxygen atoms in total. The third kappa shape index (κ3) is 2.36. The number of hydrogen-bond donors (Lipinski definition) is 0. The molecular formula is C11H11ClN2S. The van der Waals surface area contributed by atoms with E-state index >= 15 is 0 Å². The van der Waals surface area contributed by atoms with Crippen LogP contribution in [-0.4, -0.2) is 9.97 Å². The third-order valence-electron chi connectivity index (χ3n) is 2.05. The van der Waals surface area contributed by atoms with Crippen molar-refractivity contribution < 1.29 is 0 Å². The van der Waals surface area contributed by atoms with Gasteiger partial charge in [0, 0.05) is 5.69 Å². The van der Waals surface area contributed by atoms with Crippen molar-refractivity contribution in [2.75, 3.05) is 0 Å². The van der Waals surface area contributed by atoms with E-state index in [0.29, 0.717) is 11.1 Å². The van der Waals surface area contributed by atoms with Crippen LogP contribution in [0.25, 0.3) is 10.7 Å². The zero-order valence-electron chi connectivity index (χ0n) is 8.57. The van der Waals surface area contributed by atoms with Crippen molar-refractivity contribution in [3.63, 3.8) is 0 Å². The van der Waals surface area contributed by atoms with E-state index in [1.54, 1.807) is 11.3 Å². The van der Waals surface area contributed by atoms with Crippen LogP contribution in [0.3, 0.4) is 0 Å². The van der Waals surface area contributed by atoms with Crippen LogP contribution in [0.2, 0.25) is 5.15 Å². The van der Waals surface area contributed by atoms with Gasteiger partial charge in [0.05, 0.1) is 4.88 Å². The van der Waals surface area contributed by atoms with Gasteiger partial charge in [-0.2, -0.15) is 0 Å². The van der Waals surface area contributed by atoms with Gasteiger partial charge in [0.15, 0.2) is 5.82 Å². The minimum atomic E-state index is 0.365. The van der Waals surface area contributed by atoms with Crippen LogP contribution < -0.4 is 0 Å². The smallest absolute Gasteiger partial charge is 0.171 e. The molecule has 2 aromatic heterocycles. The van der Waals surface area contributed by atoms with Gasteiger partial charge in [-0.25, -0.2) is 9.97 Å². The predicted octanol–water partition coefficient (Wildman–Crippen LogP) is 3.98. The summed E-state index contributed by atoms with van der Waals surface area (Å²) in [5.41, 5.74) is 0.985. The summed E-state index contributed by atoms with van der Waals surface area (Å²) in [6.45, 7) is 4.19. The highest BCUT2D eigenvalue weighted by atomic mass is 35.5. The van der Waals surface area contributed by atoms with E-state index in [-0.39, 0.29) is 0 Å². The van der Waals surface area contributed by atoms with Crippen LogP contribution in [0.1, 0.15) is 25.5 Å². The maximum atomic E-state index is 5.96. The molecule has 2 rings (SSSR count). The standard InChI is InChI=1S/C11H11ClN2S/c1-7(2)8-6-10(12)14-11(13-8)9-4-3-5-15-9/h3-7H,1-2H3. The molecule has 15 heavy (non-hydrogen) atoms. The lowest BCUT2D eigenvalue weighted by molar-refractivity contribution is 0.817. The Kier molecular flexibility index (Phi) is 3.03. The molecule has 2 aromatic rings. The molecule has 0 N–H and O–H groups in total. The van der Waals surface area contributed by atoms with E-state index in [2.05, 4.69) is 23.8 Å². The lowest BCUT2D eigenvalue weighted by atomic mass is 10.1. The second-order valence-corrected chi connectivity index (χ2v) is 4.91. The van der Waals surface area contributed by atoms with Gasteiger partial charge < -0.3 is 0 Å². The molecule has 2 heterocycles. The fraction of sp³-hybridized carbons (Fsp3) is 0.273. The molecule has 0 aliphatic rings. The van der Waals surface area contributed by atoms with Gasteiger partial charge in [-0.15, -0.1) is 11.3 Å². The molecule has 4 heteroatoms. The highest BCUT2D eigenvalue weighted by Crippen LogP contribution is 2.24. The zero-order chi connectivity index (χ0) is 10.8. The Morgan fingerprint density at radius 1 is 1.33 bits per heavy atom. The van der Waals surface area contributed by atoms with Crippen LogP contribution in [-0.2, 0) is 0 Å². The van der Waals surface area contributed by atoms with Crippen LogP contribution in [0, 0.1) is 0 Å². The monoisotopic (exact) mass is 238 g/mol. The number of thiophene rings is 1. The van der Waals surface area contributed by atoms with E-state index in [1.807, 2.05) is 23.6 Å². The van der Waals surface area contributed by atoms with Crippen molar-refractivity contribution in [1.82, 2.24) is 9.97 Å². The van der Waals surface area contributed by atoms with E-state index in [4.69, 9.17) is 11.6 Å². The molecule has 0 radical (unpaired) electrons. The number of halogens is 1. The largest absolute Gasteiger partial charge is 0.232 e. The first-order chi connectivity index (χ1) is 7.16. The highest BCUT2D eigenvalue weighted by Gasteiger charge is 2.08. The summed E-state index contributed by atoms with van der Waals surface area (Å²) in [7, 11) is 0. The summed E-state index contributed by atoms with van der Waals surface area (Å²) in [6.07, 6.45) is 0. The van der Waals surface area contributed by atoms with Crippen LogP contribution >= 0.6 is 22.9 Å². The van der Waals surface area contributed by atoms with Gasteiger partial charge in [-0.05, 0) is 23.4 Å². The summed E-state index contributed by atoms with van der Waals surface area (Å²) < 4.78 is 0. The first kappa shape index (κ1) is 10.6. The molecule has 0 atom stereocenters. The second kappa shape index (κ2) is 4.29. The quantitative estimate of drug-likeness (QED) is 0.740. The lowest BCUT2D eigenvalue weighted by Crippen LogP contribution is -1.96.